The van der Waals surface area contributed by atoms with Crippen LogP contribution in [0, 0.1) is 13.8 Å². The fourth-order valence-corrected chi connectivity index (χ4v) is 3.00. The number of benzene rings is 1. The molecule has 0 N–H and O–H groups in total. The van der Waals surface area contributed by atoms with Gasteiger partial charge in [-0.15, -0.1) is 0 Å². The summed E-state index contributed by atoms with van der Waals surface area (Å²) in [5.74, 6) is 0.812. The first kappa shape index (κ1) is 18.2. The highest BCUT2D eigenvalue weighted by molar-refractivity contribution is 5.81. The van der Waals surface area contributed by atoms with E-state index < -0.39 is 0 Å². The van der Waals surface area contributed by atoms with Gasteiger partial charge in [0.2, 0.25) is 0 Å². The summed E-state index contributed by atoms with van der Waals surface area (Å²) >= 11 is 0. The Labute approximate surface area is 144 Å². The minimum absolute atomic E-state index is 0.0144. The maximum atomic E-state index is 12.6. The molecule has 0 aliphatic carbocycles. The fourth-order valence-electron chi connectivity index (χ4n) is 3.00. The Balaban J connectivity index is 2.06. The lowest BCUT2D eigenvalue weighted by Gasteiger charge is -2.06. The van der Waals surface area contributed by atoms with Gasteiger partial charge >= 0.3 is 0 Å². The molecule has 130 valence electrons. The highest BCUT2D eigenvalue weighted by Gasteiger charge is 2.16. The third-order valence-corrected chi connectivity index (χ3v) is 4.47. The molecule has 0 spiro atoms. The van der Waals surface area contributed by atoms with Gasteiger partial charge in [0.05, 0.1) is 19.2 Å². The van der Waals surface area contributed by atoms with Gasteiger partial charge < -0.3 is 4.74 Å². The van der Waals surface area contributed by atoms with Gasteiger partial charge in [0.1, 0.15) is 5.75 Å². The maximum absolute atomic E-state index is 12.6. The number of carbonyl (C=O) groups is 1. The van der Waals surface area contributed by atoms with Gasteiger partial charge in [0.25, 0.3) is 5.91 Å². The van der Waals surface area contributed by atoms with Gasteiger partial charge in [-0.1, -0.05) is 38.3 Å². The number of carbonyl (C=O) groups excluding carboxylic acids is 1. The number of hydrogen-bond acceptors (Lipinski definition) is 3. The molecular formula is C20H28N2O2. The minimum Gasteiger partial charge on any atom is -0.497 e. The maximum Gasteiger partial charge on any atom is 0.251 e. The highest BCUT2D eigenvalue weighted by Crippen LogP contribution is 2.18. The molecule has 24 heavy (non-hydrogen) atoms. The molecule has 0 unspecified atom stereocenters. The number of methoxy groups -OCH3 is 1. The summed E-state index contributed by atoms with van der Waals surface area (Å²) in [6, 6.07) is 7.61. The summed E-state index contributed by atoms with van der Waals surface area (Å²) < 4.78 is 6.73. The van der Waals surface area contributed by atoms with E-state index in [0.717, 1.165) is 35.5 Å². The van der Waals surface area contributed by atoms with Crippen molar-refractivity contribution >= 4 is 5.91 Å². The second-order valence-electron chi connectivity index (χ2n) is 6.29. The number of unbranched alkanes of at least 4 members (excludes halogenated alkanes) is 3. The largest absolute Gasteiger partial charge is 0.497 e. The zero-order valence-corrected chi connectivity index (χ0v) is 15.3. The molecule has 4 nitrogen and oxygen atoms in total. The third kappa shape index (κ3) is 4.47. The van der Waals surface area contributed by atoms with Gasteiger partial charge in [0.15, 0.2) is 0 Å². The summed E-state index contributed by atoms with van der Waals surface area (Å²) in [6.07, 6.45) is 6.25. The van der Waals surface area contributed by atoms with Crippen molar-refractivity contribution in [2.45, 2.75) is 59.3 Å². The molecule has 0 radical (unpaired) electrons. The molecule has 0 bridgehead atoms. The van der Waals surface area contributed by atoms with Crippen LogP contribution in [0.5, 0.6) is 5.75 Å². The summed E-state index contributed by atoms with van der Waals surface area (Å²) in [5, 5.41) is 4.48. The molecule has 4 heteroatoms. The zero-order valence-electron chi connectivity index (χ0n) is 15.3. The van der Waals surface area contributed by atoms with E-state index in [2.05, 4.69) is 12.0 Å². The van der Waals surface area contributed by atoms with Crippen LogP contribution in [-0.2, 0) is 12.8 Å². The van der Waals surface area contributed by atoms with Crippen LogP contribution in [0.4, 0.5) is 0 Å². The number of aryl methyl sites for hydroxylation is 1. The Kier molecular flexibility index (Phi) is 6.59. The highest BCUT2D eigenvalue weighted by atomic mass is 16.5. The van der Waals surface area contributed by atoms with Crippen LogP contribution in [-0.4, -0.2) is 22.8 Å². The van der Waals surface area contributed by atoms with E-state index in [-0.39, 0.29) is 5.91 Å². The molecule has 0 aliphatic rings. The monoisotopic (exact) mass is 328 g/mol. The molecule has 1 aromatic carbocycles. The van der Waals surface area contributed by atoms with Crippen molar-refractivity contribution in [2.24, 2.45) is 0 Å². The molecule has 0 fully saturated rings. The lowest BCUT2D eigenvalue weighted by atomic mass is 10.0. The van der Waals surface area contributed by atoms with Gasteiger partial charge in [-0.05, 0) is 49.9 Å². The predicted molar refractivity (Wildman–Crippen MR) is 96.9 cm³/mol. The number of hydrogen-bond donors (Lipinski definition) is 0. The second kappa shape index (κ2) is 8.67. The van der Waals surface area contributed by atoms with E-state index in [4.69, 9.17) is 4.74 Å². The van der Waals surface area contributed by atoms with E-state index in [1.807, 2.05) is 38.1 Å². The van der Waals surface area contributed by atoms with Crippen molar-refractivity contribution in [3.8, 4) is 5.75 Å². The van der Waals surface area contributed by atoms with Crippen molar-refractivity contribution in [3.63, 3.8) is 0 Å². The van der Waals surface area contributed by atoms with Crippen LogP contribution in [0.15, 0.2) is 24.3 Å². The first-order valence-electron chi connectivity index (χ1n) is 8.78. The molecular weight excluding hydrogens is 300 g/mol. The molecule has 0 saturated carbocycles. The Morgan fingerprint density at radius 1 is 1.12 bits per heavy atom. The third-order valence-electron chi connectivity index (χ3n) is 4.47. The fraction of sp³-hybridized carbons (Fsp3) is 0.500. The van der Waals surface area contributed by atoms with Crippen LogP contribution in [0.1, 0.15) is 59.9 Å². The Morgan fingerprint density at radius 2 is 1.83 bits per heavy atom. The van der Waals surface area contributed by atoms with E-state index in [9.17, 15) is 4.79 Å². The molecule has 2 aromatic rings. The van der Waals surface area contributed by atoms with Crippen LogP contribution >= 0.6 is 0 Å². The topological polar surface area (TPSA) is 44.1 Å². The van der Waals surface area contributed by atoms with Gasteiger partial charge in [-0.2, -0.15) is 5.10 Å². The Morgan fingerprint density at radius 3 is 2.46 bits per heavy atom. The smallest absolute Gasteiger partial charge is 0.251 e. The normalized spacial score (nSPS) is 10.8. The van der Waals surface area contributed by atoms with Crippen LogP contribution < -0.4 is 4.74 Å². The molecule has 0 saturated heterocycles. The number of nitrogens with zero attached hydrogens (tertiary/aromatic N) is 2. The number of aromatic nitrogens is 2. The van der Waals surface area contributed by atoms with Crippen molar-refractivity contribution in [3.05, 3.63) is 46.8 Å². The van der Waals surface area contributed by atoms with Crippen molar-refractivity contribution in [1.82, 2.24) is 9.78 Å². The van der Waals surface area contributed by atoms with Gasteiger partial charge in [-0.25, -0.2) is 4.68 Å². The van der Waals surface area contributed by atoms with Crippen LogP contribution in [0.3, 0.4) is 0 Å². The molecule has 2 rings (SSSR count). The van der Waals surface area contributed by atoms with E-state index >= 15 is 0 Å². The van der Waals surface area contributed by atoms with Crippen LogP contribution in [0.2, 0.25) is 0 Å². The molecule has 1 aromatic heterocycles. The lowest BCUT2D eigenvalue weighted by molar-refractivity contribution is 0.0895. The SMILES string of the molecule is CCCCCCc1c(C)nn(C(=O)Cc2ccc(OC)cc2)c1C. The zero-order chi connectivity index (χ0) is 17.5. The lowest BCUT2D eigenvalue weighted by Crippen LogP contribution is -2.16. The Hall–Kier alpha value is -2.10. The van der Waals surface area contributed by atoms with Crippen molar-refractivity contribution in [1.29, 1.82) is 0 Å². The predicted octanol–water partition coefficient (Wildman–Crippen LogP) is 4.51. The average Bonchev–Trinajstić information content (AvgIpc) is 2.87. The van der Waals surface area contributed by atoms with Gasteiger partial charge in [-0.3, -0.25) is 4.79 Å². The molecule has 0 amide bonds. The quantitative estimate of drug-likeness (QED) is 0.669. The van der Waals surface area contributed by atoms with Crippen molar-refractivity contribution in [2.75, 3.05) is 7.11 Å². The minimum atomic E-state index is 0.0144. The summed E-state index contributed by atoms with van der Waals surface area (Å²) in [5.41, 5.74) is 4.17. The van der Waals surface area contributed by atoms with Crippen LogP contribution in [0.25, 0.3) is 0 Å². The summed E-state index contributed by atoms with van der Waals surface area (Å²) in [6.45, 7) is 6.22. The average molecular weight is 328 g/mol. The number of rotatable bonds is 8. The molecule has 0 aliphatic heterocycles. The van der Waals surface area contributed by atoms with Crippen molar-refractivity contribution < 1.29 is 9.53 Å². The second-order valence-corrected chi connectivity index (χ2v) is 6.29. The first-order valence-corrected chi connectivity index (χ1v) is 8.78. The summed E-state index contributed by atoms with van der Waals surface area (Å²) in [7, 11) is 1.64. The van der Waals surface area contributed by atoms with Gasteiger partial charge in [0, 0.05) is 5.69 Å². The number of ether oxygens (including phenoxy) is 1. The Bertz CT molecular complexity index is 672. The first-order chi connectivity index (χ1) is 11.6. The van der Waals surface area contributed by atoms with E-state index in [1.54, 1.807) is 11.8 Å². The molecule has 1 heterocycles. The molecule has 0 atom stereocenters. The van der Waals surface area contributed by atoms with E-state index in [1.165, 1.54) is 24.8 Å². The standard InChI is InChI=1S/C20H28N2O2/c1-5-6-7-8-9-19-15(2)21-22(16(19)3)20(23)14-17-10-12-18(24-4)13-11-17/h10-13H,5-9,14H2,1-4H3. The summed E-state index contributed by atoms with van der Waals surface area (Å²) in [4.78, 5) is 12.6. The van der Waals surface area contributed by atoms with E-state index in [0.29, 0.717) is 6.42 Å².